The molecule has 0 N–H and O–H groups in total. The fourth-order valence-electron chi connectivity index (χ4n) is 2.62. The normalized spacial score (nSPS) is 12.0. The van der Waals surface area contributed by atoms with Crippen molar-refractivity contribution < 1.29 is 13.2 Å². The molecule has 0 aliphatic heterocycles. The minimum atomic E-state index is -3.46. The van der Waals surface area contributed by atoms with E-state index < -0.39 is 10.0 Å². The lowest BCUT2D eigenvalue weighted by Gasteiger charge is -2.18. The van der Waals surface area contributed by atoms with Gasteiger partial charge in [0, 0.05) is 31.1 Å². The van der Waals surface area contributed by atoms with Crippen LogP contribution in [0.15, 0.2) is 46.7 Å². The molecule has 0 unspecified atom stereocenters. The number of thiophene rings is 1. The Labute approximate surface area is 166 Å². The number of amides is 1. The quantitative estimate of drug-likeness (QED) is 0.627. The highest BCUT2D eigenvalue weighted by atomic mass is 32.2. The first-order valence-corrected chi connectivity index (χ1v) is 11.2. The summed E-state index contributed by atoms with van der Waals surface area (Å²) in [5.41, 5.74) is 1.97. The first-order chi connectivity index (χ1) is 12.8. The predicted molar refractivity (Wildman–Crippen MR) is 111 cm³/mol. The van der Waals surface area contributed by atoms with Crippen LogP contribution in [0.1, 0.15) is 29.9 Å². The smallest absolute Gasteiger partial charge is 0.246 e. The summed E-state index contributed by atoms with van der Waals surface area (Å²) < 4.78 is 26.4. The summed E-state index contributed by atoms with van der Waals surface area (Å²) in [5, 5.41) is 2.02. The lowest BCUT2D eigenvalue weighted by molar-refractivity contribution is -0.125. The maximum Gasteiger partial charge on any atom is 0.246 e. The number of carbonyl (C=O) groups excluding carboxylic acids is 1. The van der Waals surface area contributed by atoms with Gasteiger partial charge in [-0.05, 0) is 47.7 Å². The zero-order valence-corrected chi connectivity index (χ0v) is 17.8. The molecule has 1 amide bonds. The Morgan fingerprint density at radius 2 is 1.74 bits per heavy atom. The molecule has 0 fully saturated rings. The van der Waals surface area contributed by atoms with Crippen LogP contribution in [0, 0.1) is 6.92 Å². The van der Waals surface area contributed by atoms with Gasteiger partial charge in [-0.15, -0.1) is 11.3 Å². The van der Waals surface area contributed by atoms with E-state index in [9.17, 15) is 13.2 Å². The van der Waals surface area contributed by atoms with Crippen molar-refractivity contribution in [1.29, 1.82) is 0 Å². The lowest BCUT2D eigenvalue weighted by Crippen LogP contribution is -2.30. The van der Waals surface area contributed by atoms with E-state index in [0.717, 1.165) is 5.56 Å². The van der Waals surface area contributed by atoms with E-state index in [0.29, 0.717) is 19.6 Å². The second-order valence-corrected chi connectivity index (χ2v) is 9.15. The van der Waals surface area contributed by atoms with Crippen LogP contribution in [0.5, 0.6) is 0 Å². The van der Waals surface area contributed by atoms with Gasteiger partial charge in [0.25, 0.3) is 0 Å². The first-order valence-electron chi connectivity index (χ1n) is 8.86. The second-order valence-electron chi connectivity index (χ2n) is 6.21. The zero-order chi connectivity index (χ0) is 20.0. The summed E-state index contributed by atoms with van der Waals surface area (Å²) >= 11 is 1.64. The largest absolute Gasteiger partial charge is 0.337 e. The Morgan fingerprint density at radius 1 is 1.11 bits per heavy atom. The van der Waals surface area contributed by atoms with E-state index in [1.54, 1.807) is 53.6 Å². The van der Waals surface area contributed by atoms with Gasteiger partial charge in [-0.2, -0.15) is 4.31 Å². The van der Waals surface area contributed by atoms with Crippen molar-refractivity contribution in [3.63, 3.8) is 0 Å². The summed E-state index contributed by atoms with van der Waals surface area (Å²) in [7, 11) is -1.69. The Bertz CT molecular complexity index is 896. The summed E-state index contributed by atoms with van der Waals surface area (Å²) in [6, 6.07) is 8.63. The number of rotatable bonds is 8. The number of sulfonamides is 1. The van der Waals surface area contributed by atoms with Crippen LogP contribution in [0.25, 0.3) is 6.08 Å². The number of carbonyl (C=O) groups is 1. The van der Waals surface area contributed by atoms with Gasteiger partial charge in [0.2, 0.25) is 15.9 Å². The van der Waals surface area contributed by atoms with Gasteiger partial charge < -0.3 is 4.90 Å². The van der Waals surface area contributed by atoms with E-state index in [1.165, 1.54) is 20.8 Å². The average molecular weight is 407 g/mol. The molecule has 0 saturated heterocycles. The number of benzene rings is 1. The van der Waals surface area contributed by atoms with E-state index >= 15 is 0 Å². The molecule has 146 valence electrons. The number of hydrogen-bond acceptors (Lipinski definition) is 4. The molecule has 5 nitrogen and oxygen atoms in total. The Hall–Kier alpha value is -1.96. The summed E-state index contributed by atoms with van der Waals surface area (Å²) in [5.74, 6) is -0.0948. The highest BCUT2D eigenvalue weighted by molar-refractivity contribution is 7.89. The topological polar surface area (TPSA) is 57.7 Å². The summed E-state index contributed by atoms with van der Waals surface area (Å²) in [6.45, 7) is 7.12. The molecular weight excluding hydrogens is 380 g/mol. The van der Waals surface area contributed by atoms with Gasteiger partial charge in [0.1, 0.15) is 0 Å². The summed E-state index contributed by atoms with van der Waals surface area (Å²) in [6.07, 6.45) is 3.21. The number of likely N-dealkylation sites (N-methyl/N-ethyl adjacent to an activating group) is 1. The molecule has 0 aliphatic rings. The summed E-state index contributed by atoms with van der Waals surface area (Å²) in [4.78, 5) is 15.4. The number of nitrogens with zero attached hydrogens (tertiary/aromatic N) is 2. The Kier molecular flexibility index (Phi) is 7.35. The molecule has 0 bridgehead atoms. The van der Waals surface area contributed by atoms with Crippen molar-refractivity contribution >= 4 is 33.3 Å². The van der Waals surface area contributed by atoms with Crippen LogP contribution in [-0.2, 0) is 21.4 Å². The minimum absolute atomic E-state index is 0.0948. The number of aryl methyl sites for hydroxylation is 1. The lowest BCUT2D eigenvalue weighted by atomic mass is 10.2. The predicted octanol–water partition coefficient (Wildman–Crippen LogP) is 3.76. The van der Waals surface area contributed by atoms with E-state index in [-0.39, 0.29) is 10.8 Å². The Balaban J connectivity index is 2.05. The Morgan fingerprint density at radius 3 is 2.26 bits per heavy atom. The fourth-order valence-corrected chi connectivity index (χ4v) is 5.03. The highest BCUT2D eigenvalue weighted by Gasteiger charge is 2.20. The molecule has 2 aromatic rings. The van der Waals surface area contributed by atoms with Crippen LogP contribution in [0.4, 0.5) is 0 Å². The molecule has 2 rings (SSSR count). The van der Waals surface area contributed by atoms with Crippen molar-refractivity contribution in [3.8, 4) is 0 Å². The molecular formula is C20H26N2O3S2. The van der Waals surface area contributed by atoms with Gasteiger partial charge in [0.15, 0.2) is 0 Å². The van der Waals surface area contributed by atoms with Crippen molar-refractivity contribution in [3.05, 3.63) is 57.8 Å². The maximum absolute atomic E-state index is 12.5. The fraction of sp³-hybridized carbons (Fsp3) is 0.350. The molecule has 7 heteroatoms. The van der Waals surface area contributed by atoms with E-state index in [2.05, 4.69) is 0 Å². The zero-order valence-electron chi connectivity index (χ0n) is 16.2. The monoisotopic (exact) mass is 406 g/mol. The molecule has 1 aromatic heterocycles. The van der Waals surface area contributed by atoms with Gasteiger partial charge in [-0.1, -0.05) is 26.0 Å². The van der Waals surface area contributed by atoms with Crippen LogP contribution >= 0.6 is 11.3 Å². The van der Waals surface area contributed by atoms with Crippen molar-refractivity contribution in [2.24, 2.45) is 0 Å². The van der Waals surface area contributed by atoms with Crippen molar-refractivity contribution in [1.82, 2.24) is 9.21 Å². The van der Waals surface area contributed by atoms with Crippen molar-refractivity contribution in [2.75, 3.05) is 20.1 Å². The molecule has 1 aromatic carbocycles. The minimum Gasteiger partial charge on any atom is -0.337 e. The highest BCUT2D eigenvalue weighted by Crippen LogP contribution is 2.18. The number of hydrogen-bond donors (Lipinski definition) is 0. The van der Waals surface area contributed by atoms with Crippen LogP contribution < -0.4 is 0 Å². The molecule has 0 atom stereocenters. The third-order valence-corrected chi connectivity index (χ3v) is 7.44. The van der Waals surface area contributed by atoms with Gasteiger partial charge in [-0.3, -0.25) is 4.79 Å². The van der Waals surface area contributed by atoms with Crippen LogP contribution in [-0.4, -0.2) is 43.7 Å². The van der Waals surface area contributed by atoms with Crippen LogP contribution in [0.2, 0.25) is 0 Å². The third-order valence-electron chi connectivity index (χ3n) is 4.37. The second kappa shape index (κ2) is 9.30. The molecule has 1 heterocycles. The average Bonchev–Trinajstić information content (AvgIpc) is 3.05. The van der Waals surface area contributed by atoms with E-state index in [4.69, 9.17) is 0 Å². The molecule has 0 spiro atoms. The maximum atomic E-state index is 12.5. The van der Waals surface area contributed by atoms with Gasteiger partial charge >= 0.3 is 0 Å². The van der Waals surface area contributed by atoms with E-state index in [1.807, 2.05) is 32.2 Å². The molecule has 0 radical (unpaired) electrons. The SMILES string of the molecule is CCN(CC)S(=O)(=O)c1ccc(/C=C/C(=O)N(C)Cc2sccc2C)cc1. The van der Waals surface area contributed by atoms with Gasteiger partial charge in [0.05, 0.1) is 11.4 Å². The molecule has 0 saturated carbocycles. The third kappa shape index (κ3) is 5.28. The van der Waals surface area contributed by atoms with Gasteiger partial charge in [-0.25, -0.2) is 8.42 Å². The first kappa shape index (κ1) is 21.3. The van der Waals surface area contributed by atoms with Crippen molar-refractivity contribution in [2.45, 2.75) is 32.2 Å². The molecule has 0 aliphatic carbocycles. The standard InChI is InChI=1S/C20H26N2O3S2/c1-5-22(6-2)27(24,25)18-10-7-17(8-11-18)9-12-20(23)21(4)15-19-16(3)13-14-26-19/h7-14H,5-6,15H2,1-4H3/b12-9+. The van der Waals surface area contributed by atoms with Crippen LogP contribution in [0.3, 0.4) is 0 Å². The molecule has 27 heavy (non-hydrogen) atoms.